The van der Waals surface area contributed by atoms with Crippen LogP contribution in [0.15, 0.2) is 47.3 Å². The number of benzene rings is 1. The van der Waals surface area contributed by atoms with Crippen molar-refractivity contribution in [1.82, 2.24) is 9.38 Å². The number of hydrogen-bond donors (Lipinski definition) is 0. The van der Waals surface area contributed by atoms with Crippen molar-refractivity contribution in [1.29, 1.82) is 0 Å². The maximum Gasteiger partial charge on any atom is 0.330 e. The number of rotatable bonds is 3. The summed E-state index contributed by atoms with van der Waals surface area (Å²) in [6.45, 7) is 1.72. The zero-order valence-corrected chi connectivity index (χ0v) is 12.1. The Morgan fingerprint density at radius 2 is 2.24 bits per heavy atom. The molecule has 3 aromatic rings. The lowest BCUT2D eigenvalue weighted by Gasteiger charge is -2.02. The number of carbonyl (C=O) groups excluding carboxylic acids is 1. The average molecular weight is 300 g/mol. The fourth-order valence-electron chi connectivity index (χ4n) is 2.03. The SMILES string of the molecule is C/C=C/C(=O)OCc1cc(=O)n2c(n1)sc1ccccc12. The molecule has 0 amide bonds. The summed E-state index contributed by atoms with van der Waals surface area (Å²) in [5.74, 6) is -0.448. The van der Waals surface area contributed by atoms with E-state index in [4.69, 9.17) is 4.74 Å². The van der Waals surface area contributed by atoms with E-state index in [1.54, 1.807) is 17.4 Å². The van der Waals surface area contributed by atoms with Crippen LogP contribution in [0.4, 0.5) is 0 Å². The molecule has 1 aromatic carbocycles. The predicted octanol–water partition coefficient (Wildman–Crippen LogP) is 2.53. The van der Waals surface area contributed by atoms with E-state index in [0.717, 1.165) is 10.2 Å². The Hall–Kier alpha value is -2.47. The number of para-hydroxylation sites is 1. The van der Waals surface area contributed by atoms with Crippen LogP contribution >= 0.6 is 11.3 Å². The first-order valence-corrected chi connectivity index (χ1v) is 7.20. The van der Waals surface area contributed by atoms with Gasteiger partial charge in [0.1, 0.15) is 6.61 Å². The molecule has 0 spiro atoms. The van der Waals surface area contributed by atoms with Gasteiger partial charge in [-0.05, 0) is 19.1 Å². The van der Waals surface area contributed by atoms with E-state index in [2.05, 4.69) is 4.98 Å². The molecule has 21 heavy (non-hydrogen) atoms. The highest BCUT2D eigenvalue weighted by Gasteiger charge is 2.10. The molecule has 0 unspecified atom stereocenters. The first-order chi connectivity index (χ1) is 10.2. The van der Waals surface area contributed by atoms with Crippen molar-refractivity contribution in [2.24, 2.45) is 0 Å². The van der Waals surface area contributed by atoms with Gasteiger partial charge in [0.2, 0.25) is 0 Å². The second-order valence-corrected chi connectivity index (χ2v) is 5.39. The zero-order chi connectivity index (χ0) is 14.8. The van der Waals surface area contributed by atoms with E-state index in [9.17, 15) is 9.59 Å². The summed E-state index contributed by atoms with van der Waals surface area (Å²) < 4.78 is 7.57. The fourth-order valence-corrected chi connectivity index (χ4v) is 3.08. The Labute approximate surface area is 124 Å². The highest BCUT2D eigenvalue weighted by molar-refractivity contribution is 7.23. The molecular formula is C15H12N2O3S. The van der Waals surface area contributed by atoms with Gasteiger partial charge < -0.3 is 4.74 Å². The zero-order valence-electron chi connectivity index (χ0n) is 11.3. The molecular weight excluding hydrogens is 288 g/mol. The Bertz CT molecular complexity index is 908. The second-order valence-electron chi connectivity index (χ2n) is 4.38. The number of esters is 1. The molecule has 0 aliphatic heterocycles. The lowest BCUT2D eigenvalue weighted by molar-refractivity contribution is -0.139. The molecule has 3 rings (SSSR count). The lowest BCUT2D eigenvalue weighted by Crippen LogP contribution is -2.14. The van der Waals surface area contributed by atoms with Crippen molar-refractivity contribution >= 4 is 32.5 Å². The standard InChI is InChI=1S/C15H12N2O3S/c1-2-5-14(19)20-9-10-8-13(18)17-11-6-3-4-7-12(11)21-15(17)16-10/h2-8H,9H2,1H3/b5-2+. The third-order valence-electron chi connectivity index (χ3n) is 2.91. The van der Waals surface area contributed by atoms with Gasteiger partial charge in [-0.15, -0.1) is 0 Å². The van der Waals surface area contributed by atoms with E-state index in [-0.39, 0.29) is 12.2 Å². The predicted molar refractivity (Wildman–Crippen MR) is 81.5 cm³/mol. The Morgan fingerprint density at radius 3 is 3.05 bits per heavy atom. The first kappa shape index (κ1) is 13.5. The molecule has 106 valence electrons. The van der Waals surface area contributed by atoms with Gasteiger partial charge in [0, 0.05) is 12.1 Å². The lowest BCUT2D eigenvalue weighted by atomic mass is 10.3. The molecule has 2 aromatic heterocycles. The van der Waals surface area contributed by atoms with Gasteiger partial charge in [-0.3, -0.25) is 9.20 Å². The van der Waals surface area contributed by atoms with Gasteiger partial charge in [-0.2, -0.15) is 0 Å². The molecule has 0 bridgehead atoms. The van der Waals surface area contributed by atoms with Crippen molar-refractivity contribution in [3.8, 4) is 0 Å². The molecule has 0 saturated carbocycles. The van der Waals surface area contributed by atoms with Crippen molar-refractivity contribution < 1.29 is 9.53 Å². The molecule has 0 saturated heterocycles. The molecule has 2 heterocycles. The monoisotopic (exact) mass is 300 g/mol. The molecule has 0 aliphatic rings. The minimum absolute atomic E-state index is 0.0108. The Morgan fingerprint density at radius 1 is 1.43 bits per heavy atom. The summed E-state index contributed by atoms with van der Waals surface area (Å²) in [6, 6.07) is 9.03. The van der Waals surface area contributed by atoms with Gasteiger partial charge in [-0.1, -0.05) is 29.5 Å². The van der Waals surface area contributed by atoms with Crippen molar-refractivity contribution in [2.45, 2.75) is 13.5 Å². The average Bonchev–Trinajstić information content (AvgIpc) is 2.84. The van der Waals surface area contributed by atoms with Crippen LogP contribution in [0, 0.1) is 0 Å². The van der Waals surface area contributed by atoms with Crippen molar-refractivity contribution in [3.05, 3.63) is 58.5 Å². The molecule has 5 nitrogen and oxygen atoms in total. The van der Waals surface area contributed by atoms with Gasteiger partial charge in [0.15, 0.2) is 4.96 Å². The molecule has 0 atom stereocenters. The molecule has 0 N–H and O–H groups in total. The van der Waals surface area contributed by atoms with Gasteiger partial charge in [0.05, 0.1) is 15.9 Å². The summed E-state index contributed by atoms with van der Waals surface area (Å²) >= 11 is 1.43. The molecule has 0 radical (unpaired) electrons. The summed E-state index contributed by atoms with van der Waals surface area (Å²) in [6.07, 6.45) is 2.92. The third-order valence-corrected chi connectivity index (χ3v) is 3.94. The molecule has 0 aliphatic carbocycles. The first-order valence-electron chi connectivity index (χ1n) is 6.38. The minimum atomic E-state index is -0.448. The van der Waals surface area contributed by atoms with E-state index < -0.39 is 5.97 Å². The van der Waals surface area contributed by atoms with Gasteiger partial charge in [-0.25, -0.2) is 9.78 Å². The topological polar surface area (TPSA) is 60.7 Å². The molecule has 0 fully saturated rings. The molecule has 6 heteroatoms. The number of hydrogen-bond acceptors (Lipinski definition) is 5. The van der Waals surface area contributed by atoms with Crippen molar-refractivity contribution in [3.63, 3.8) is 0 Å². The number of fused-ring (bicyclic) bond motifs is 3. The second kappa shape index (κ2) is 5.49. The van der Waals surface area contributed by atoms with Crippen LogP contribution in [0.2, 0.25) is 0 Å². The minimum Gasteiger partial charge on any atom is -0.456 e. The smallest absolute Gasteiger partial charge is 0.330 e. The van der Waals surface area contributed by atoms with E-state index in [0.29, 0.717) is 10.7 Å². The number of thiazole rings is 1. The van der Waals surface area contributed by atoms with Crippen LogP contribution in [0.5, 0.6) is 0 Å². The fraction of sp³-hybridized carbons (Fsp3) is 0.133. The maximum atomic E-state index is 12.2. The van der Waals surface area contributed by atoms with Crippen LogP contribution in [-0.4, -0.2) is 15.4 Å². The summed E-state index contributed by atoms with van der Waals surface area (Å²) in [5, 5.41) is 0. The number of aromatic nitrogens is 2. The number of ether oxygens (including phenoxy) is 1. The van der Waals surface area contributed by atoms with E-state index in [1.807, 2.05) is 24.3 Å². The highest BCUT2D eigenvalue weighted by Crippen LogP contribution is 2.23. The summed E-state index contributed by atoms with van der Waals surface area (Å²) in [5.41, 5.74) is 1.12. The van der Waals surface area contributed by atoms with Crippen molar-refractivity contribution in [2.75, 3.05) is 0 Å². The Kier molecular flexibility index (Phi) is 3.53. The number of nitrogens with zero attached hydrogens (tertiary/aromatic N) is 2. The third kappa shape index (κ3) is 2.57. The quantitative estimate of drug-likeness (QED) is 0.551. The largest absolute Gasteiger partial charge is 0.456 e. The Balaban J connectivity index is 2.01. The normalized spacial score (nSPS) is 11.5. The maximum absolute atomic E-state index is 12.2. The van der Waals surface area contributed by atoms with E-state index in [1.165, 1.54) is 23.5 Å². The van der Waals surface area contributed by atoms with Crippen LogP contribution in [0.3, 0.4) is 0 Å². The summed E-state index contributed by atoms with van der Waals surface area (Å²) in [7, 11) is 0. The van der Waals surface area contributed by atoms with Crippen LogP contribution in [0.1, 0.15) is 12.6 Å². The van der Waals surface area contributed by atoms with Crippen LogP contribution in [0.25, 0.3) is 15.2 Å². The van der Waals surface area contributed by atoms with E-state index >= 15 is 0 Å². The van der Waals surface area contributed by atoms with Crippen LogP contribution in [-0.2, 0) is 16.1 Å². The summed E-state index contributed by atoms with van der Waals surface area (Å²) in [4.78, 5) is 28.5. The van der Waals surface area contributed by atoms with Gasteiger partial charge in [0.25, 0.3) is 5.56 Å². The number of allylic oxidation sites excluding steroid dienone is 1. The van der Waals surface area contributed by atoms with Gasteiger partial charge >= 0.3 is 5.97 Å². The van der Waals surface area contributed by atoms with Crippen LogP contribution < -0.4 is 5.56 Å². The number of carbonyl (C=O) groups is 1. The highest BCUT2D eigenvalue weighted by atomic mass is 32.1.